The van der Waals surface area contributed by atoms with E-state index in [0.29, 0.717) is 19.3 Å². The predicted molar refractivity (Wildman–Crippen MR) is 358 cm³/mol. The van der Waals surface area contributed by atoms with Crippen LogP contribution in [0.4, 0.5) is 0 Å². The molecule has 480 valence electrons. The van der Waals surface area contributed by atoms with Gasteiger partial charge in [-0.3, -0.25) is 14.4 Å². The smallest absolute Gasteiger partial charge is 0.306 e. The van der Waals surface area contributed by atoms with E-state index >= 15 is 0 Å². The molecule has 1 atom stereocenters. The van der Waals surface area contributed by atoms with Crippen molar-refractivity contribution in [3.8, 4) is 0 Å². The summed E-state index contributed by atoms with van der Waals surface area (Å²) < 4.78 is 17.0. The van der Waals surface area contributed by atoms with E-state index in [4.69, 9.17) is 14.2 Å². The first-order valence-electron chi connectivity index (χ1n) is 36.6. The lowest BCUT2D eigenvalue weighted by Gasteiger charge is -2.18. The van der Waals surface area contributed by atoms with Crippen LogP contribution in [-0.4, -0.2) is 37.2 Å². The first-order valence-corrected chi connectivity index (χ1v) is 36.6. The zero-order valence-electron chi connectivity index (χ0n) is 55.3. The van der Waals surface area contributed by atoms with E-state index in [-0.39, 0.29) is 31.1 Å². The number of carbonyl (C=O) groups excluding carboxylic acids is 3. The molecule has 0 amide bonds. The maximum absolute atomic E-state index is 13.0. The molecule has 0 aromatic rings. The minimum atomic E-state index is -0.782. The van der Waals surface area contributed by atoms with Gasteiger partial charge in [-0.05, 0) is 57.8 Å². The zero-order valence-corrected chi connectivity index (χ0v) is 55.3. The number of carbonyl (C=O) groups is 3. The lowest BCUT2D eigenvalue weighted by Crippen LogP contribution is -2.30. The van der Waals surface area contributed by atoms with Gasteiger partial charge in [-0.25, -0.2) is 0 Å². The molecule has 0 saturated carbocycles. The molecule has 82 heavy (non-hydrogen) atoms. The van der Waals surface area contributed by atoms with E-state index < -0.39 is 6.10 Å². The highest BCUT2D eigenvalue weighted by Gasteiger charge is 2.19. The molecule has 0 fully saturated rings. The van der Waals surface area contributed by atoms with Crippen molar-refractivity contribution in [3.63, 3.8) is 0 Å². The number of hydrogen-bond acceptors (Lipinski definition) is 6. The maximum Gasteiger partial charge on any atom is 0.306 e. The molecule has 0 aliphatic heterocycles. The van der Waals surface area contributed by atoms with Crippen LogP contribution in [0, 0.1) is 0 Å². The Bertz CT molecular complexity index is 1410. The fourth-order valence-corrected chi connectivity index (χ4v) is 11.1. The van der Waals surface area contributed by atoms with Gasteiger partial charge in [0.1, 0.15) is 13.2 Å². The van der Waals surface area contributed by atoms with Crippen LogP contribution in [0.1, 0.15) is 400 Å². The molecule has 0 aliphatic carbocycles. The fraction of sp³-hybridized carbons (Fsp3) is 0.855. The van der Waals surface area contributed by atoms with Gasteiger partial charge < -0.3 is 14.2 Å². The predicted octanol–water partition coefficient (Wildman–Crippen LogP) is 25.3. The molecule has 0 rings (SSSR count). The lowest BCUT2D eigenvalue weighted by atomic mass is 10.0. The average Bonchev–Trinajstić information content (AvgIpc) is 3.47. The van der Waals surface area contributed by atoms with Crippen LogP contribution in [0.15, 0.2) is 48.6 Å². The Morgan fingerprint density at radius 1 is 0.256 bits per heavy atom. The van der Waals surface area contributed by atoms with E-state index in [1.54, 1.807) is 0 Å². The van der Waals surface area contributed by atoms with Crippen molar-refractivity contribution < 1.29 is 28.6 Å². The van der Waals surface area contributed by atoms with Crippen LogP contribution in [0.2, 0.25) is 0 Å². The van der Waals surface area contributed by atoms with Crippen molar-refractivity contribution in [3.05, 3.63) is 48.6 Å². The average molecular weight is 1150 g/mol. The maximum atomic E-state index is 13.0. The molecule has 0 aromatic carbocycles. The number of hydrogen-bond donors (Lipinski definition) is 0. The van der Waals surface area contributed by atoms with Crippen molar-refractivity contribution in [2.24, 2.45) is 0 Å². The number of esters is 3. The Morgan fingerprint density at radius 2 is 0.476 bits per heavy atom. The monoisotopic (exact) mass is 1150 g/mol. The Balaban J connectivity index is 4.27. The second kappa shape index (κ2) is 70.9. The third-order valence-electron chi connectivity index (χ3n) is 16.6. The number of ether oxygens (including phenoxy) is 3. The van der Waals surface area contributed by atoms with Crippen LogP contribution in [0.25, 0.3) is 0 Å². The van der Waals surface area contributed by atoms with Crippen molar-refractivity contribution in [2.45, 2.75) is 406 Å². The molecule has 0 bridgehead atoms. The van der Waals surface area contributed by atoms with E-state index in [9.17, 15) is 14.4 Å². The molecule has 0 aliphatic rings. The highest BCUT2D eigenvalue weighted by Crippen LogP contribution is 2.19. The summed E-state index contributed by atoms with van der Waals surface area (Å²) in [6, 6.07) is 0. The fourth-order valence-electron chi connectivity index (χ4n) is 11.1. The summed E-state index contributed by atoms with van der Waals surface area (Å²) in [5.41, 5.74) is 0. The highest BCUT2D eigenvalue weighted by atomic mass is 16.6. The Labute approximate surface area is 511 Å². The van der Waals surface area contributed by atoms with Gasteiger partial charge in [-0.15, -0.1) is 0 Å². The number of rotatable bonds is 68. The topological polar surface area (TPSA) is 78.9 Å². The van der Waals surface area contributed by atoms with Crippen LogP contribution in [-0.2, 0) is 28.6 Å². The minimum Gasteiger partial charge on any atom is -0.462 e. The summed E-state index contributed by atoms with van der Waals surface area (Å²) in [4.78, 5) is 38.5. The van der Waals surface area contributed by atoms with Gasteiger partial charge in [0, 0.05) is 19.3 Å². The molecule has 6 heteroatoms. The molecule has 0 N–H and O–H groups in total. The summed E-state index contributed by atoms with van der Waals surface area (Å²) in [5.74, 6) is -0.870. The summed E-state index contributed by atoms with van der Waals surface area (Å²) in [5, 5.41) is 0. The van der Waals surface area contributed by atoms with Crippen molar-refractivity contribution in [1.82, 2.24) is 0 Å². The molecule has 0 radical (unpaired) electrons. The quantitative estimate of drug-likeness (QED) is 0.0261. The molecule has 0 aromatic heterocycles. The van der Waals surface area contributed by atoms with Gasteiger partial charge in [-0.2, -0.15) is 0 Å². The van der Waals surface area contributed by atoms with Crippen LogP contribution < -0.4 is 0 Å². The van der Waals surface area contributed by atoms with E-state index in [1.807, 2.05) is 0 Å². The Morgan fingerprint density at radius 3 is 0.744 bits per heavy atom. The lowest BCUT2D eigenvalue weighted by molar-refractivity contribution is -0.167. The molecular weight excluding hydrogens is 1010 g/mol. The summed E-state index contributed by atoms with van der Waals surface area (Å²) in [6.45, 7) is 6.59. The summed E-state index contributed by atoms with van der Waals surface area (Å²) >= 11 is 0. The van der Waals surface area contributed by atoms with E-state index in [0.717, 1.165) is 96.3 Å². The molecule has 0 spiro atoms. The van der Waals surface area contributed by atoms with Gasteiger partial charge in [0.2, 0.25) is 0 Å². The van der Waals surface area contributed by atoms with E-state index in [1.165, 1.54) is 263 Å². The minimum absolute atomic E-state index is 0.0755. The number of allylic oxidation sites excluding steroid dienone is 8. The summed E-state index contributed by atoms with van der Waals surface area (Å²) in [6.07, 6.45) is 90.1. The van der Waals surface area contributed by atoms with Gasteiger partial charge in [-0.1, -0.05) is 371 Å². The molecular formula is C76H140O6. The van der Waals surface area contributed by atoms with Crippen molar-refractivity contribution >= 4 is 17.9 Å². The number of unbranched alkanes of at least 4 members (excludes halogenated alkanes) is 49. The zero-order chi connectivity index (χ0) is 59.2. The summed E-state index contributed by atoms with van der Waals surface area (Å²) in [7, 11) is 0. The second-order valence-electron chi connectivity index (χ2n) is 24.8. The van der Waals surface area contributed by atoms with Crippen LogP contribution in [0.5, 0.6) is 0 Å². The first-order chi connectivity index (χ1) is 40.5. The third kappa shape index (κ3) is 68.2. The van der Waals surface area contributed by atoms with Crippen molar-refractivity contribution in [2.75, 3.05) is 13.2 Å². The third-order valence-corrected chi connectivity index (χ3v) is 16.6. The van der Waals surface area contributed by atoms with Crippen LogP contribution >= 0.6 is 0 Å². The van der Waals surface area contributed by atoms with Crippen molar-refractivity contribution in [1.29, 1.82) is 0 Å². The highest BCUT2D eigenvalue weighted by molar-refractivity contribution is 5.71. The van der Waals surface area contributed by atoms with E-state index in [2.05, 4.69) is 69.4 Å². The molecule has 1 unspecified atom stereocenters. The molecule has 6 nitrogen and oxygen atoms in total. The Hall–Kier alpha value is -2.63. The van der Waals surface area contributed by atoms with Gasteiger partial charge >= 0.3 is 17.9 Å². The van der Waals surface area contributed by atoms with Gasteiger partial charge in [0.15, 0.2) is 6.10 Å². The normalized spacial score (nSPS) is 12.3. The first kappa shape index (κ1) is 79.4. The second-order valence-corrected chi connectivity index (χ2v) is 24.8. The largest absolute Gasteiger partial charge is 0.462 e. The van der Waals surface area contributed by atoms with Crippen LogP contribution in [0.3, 0.4) is 0 Å². The Kier molecular flexibility index (Phi) is 68.6. The van der Waals surface area contributed by atoms with Gasteiger partial charge in [0.25, 0.3) is 0 Å². The molecule has 0 saturated heterocycles. The molecule has 0 heterocycles. The SMILES string of the molecule is CC/C=C\C/C=C\C/C=C\C/C=C\CCCCCCC(=O)OCC(COC(=O)CCCCCCCCCCCCCCCCCCCCCCCCCCCCC)OC(=O)CCCCCCCCCCCCCCCCCCCCCC. The standard InChI is InChI=1S/C76H140O6/c1-4-7-10-13-16-19-22-25-28-31-33-35-36-37-38-39-40-41-43-45-48-51-54-57-60-63-66-69-75(78)81-72-73(71-80-74(77)68-65-62-59-56-53-50-47-44-30-27-24-21-18-15-12-9-6-3)82-76(79)70-67-64-61-58-55-52-49-46-42-34-32-29-26-23-20-17-14-11-8-5-2/h9,12,18,21,27,30,47,50,73H,4-8,10-11,13-17,19-20,22-26,28-29,31-46,48-49,51-72H2,1-3H3/b12-9-,21-18-,30-27-,50-47-. The van der Waals surface area contributed by atoms with Gasteiger partial charge in [0.05, 0.1) is 0 Å².